The highest BCUT2D eigenvalue weighted by atomic mass is 35.5. The summed E-state index contributed by atoms with van der Waals surface area (Å²) in [6, 6.07) is 7.06. The second kappa shape index (κ2) is 6.06. The smallest absolute Gasteiger partial charge is 0.256 e. The number of carbonyl (C=O) groups excluding carboxylic acids is 1. The molecule has 2 aliphatic rings. The lowest BCUT2D eigenvalue weighted by Crippen LogP contribution is -2.35. The van der Waals surface area contributed by atoms with Gasteiger partial charge in [-0.15, -0.1) is 0 Å². The topological polar surface area (TPSA) is 67.3 Å². The van der Waals surface area contributed by atoms with Gasteiger partial charge < -0.3 is 4.90 Å². The largest absolute Gasteiger partial charge is 0.331 e. The summed E-state index contributed by atoms with van der Waals surface area (Å²) in [5, 5.41) is 0.337. The van der Waals surface area contributed by atoms with Gasteiger partial charge in [0.2, 0.25) is 0 Å². The predicted octanol–water partition coefficient (Wildman–Crippen LogP) is 3.56. The van der Waals surface area contributed by atoms with Crippen LogP contribution in [0.3, 0.4) is 0 Å². The minimum Gasteiger partial charge on any atom is -0.331 e. The van der Waals surface area contributed by atoms with Crippen molar-refractivity contribution in [2.75, 3.05) is 6.26 Å². The Kier molecular flexibility index (Phi) is 4.08. The first-order valence-corrected chi connectivity index (χ1v) is 10.8. The summed E-state index contributed by atoms with van der Waals surface area (Å²) in [5.74, 6) is 0.340. The molecule has 1 unspecified atom stereocenters. The molecule has 4 rings (SSSR count). The van der Waals surface area contributed by atoms with Crippen molar-refractivity contribution in [1.82, 2.24) is 9.88 Å². The van der Waals surface area contributed by atoms with Crippen molar-refractivity contribution in [3.63, 3.8) is 0 Å². The normalized spacial score (nSPS) is 18.1. The number of rotatable bonds is 4. The Balaban J connectivity index is 1.86. The maximum Gasteiger partial charge on any atom is 0.256 e. The average molecular weight is 391 g/mol. The molecule has 26 heavy (non-hydrogen) atoms. The standard InChI is InChI=1S/C19H19ClN2O3S/c1-11(12-3-4-12)22-10-15-7-14(13-5-6-21-17(20)9-13)8-16(26(2,24)25)18(15)19(22)23/h5-9,11-12H,3-4,10H2,1-2H3. The molecule has 2 aromatic rings. The lowest BCUT2D eigenvalue weighted by atomic mass is 10.0. The first kappa shape index (κ1) is 17.5. The van der Waals surface area contributed by atoms with Crippen LogP contribution in [0.5, 0.6) is 0 Å². The number of sulfone groups is 1. The fourth-order valence-electron chi connectivity index (χ4n) is 3.64. The van der Waals surface area contributed by atoms with E-state index in [4.69, 9.17) is 11.6 Å². The summed E-state index contributed by atoms with van der Waals surface area (Å²) < 4.78 is 24.8. The van der Waals surface area contributed by atoms with E-state index in [1.54, 1.807) is 29.3 Å². The minimum absolute atomic E-state index is 0.0911. The molecule has 0 radical (unpaired) electrons. The van der Waals surface area contributed by atoms with Crippen molar-refractivity contribution in [2.45, 2.75) is 37.2 Å². The number of carbonyl (C=O) groups is 1. The number of nitrogens with zero attached hydrogens (tertiary/aromatic N) is 2. The molecule has 0 spiro atoms. The molecule has 1 aliphatic carbocycles. The highest BCUT2D eigenvalue weighted by Crippen LogP contribution is 2.40. The van der Waals surface area contributed by atoms with Gasteiger partial charge in [-0.3, -0.25) is 4.79 Å². The zero-order valence-electron chi connectivity index (χ0n) is 14.6. The molecule has 1 saturated carbocycles. The Hall–Kier alpha value is -1.92. The number of benzene rings is 1. The molecule has 2 heterocycles. The van der Waals surface area contributed by atoms with E-state index in [1.165, 1.54) is 0 Å². The molecule has 1 aromatic heterocycles. The quantitative estimate of drug-likeness (QED) is 0.748. The molecule has 5 nitrogen and oxygen atoms in total. The van der Waals surface area contributed by atoms with E-state index < -0.39 is 9.84 Å². The summed E-state index contributed by atoms with van der Waals surface area (Å²) >= 11 is 5.98. The summed E-state index contributed by atoms with van der Waals surface area (Å²) in [5.41, 5.74) is 2.58. The van der Waals surface area contributed by atoms with Crippen molar-refractivity contribution in [2.24, 2.45) is 5.92 Å². The predicted molar refractivity (Wildman–Crippen MR) is 99.9 cm³/mol. The minimum atomic E-state index is -3.55. The van der Waals surface area contributed by atoms with E-state index in [1.807, 2.05) is 13.0 Å². The van der Waals surface area contributed by atoms with Gasteiger partial charge in [0.1, 0.15) is 5.15 Å². The molecular formula is C19H19ClN2O3S. The van der Waals surface area contributed by atoms with Crippen LogP contribution in [0, 0.1) is 5.92 Å². The zero-order valence-corrected chi connectivity index (χ0v) is 16.1. The number of fused-ring (bicyclic) bond motifs is 1. The van der Waals surface area contributed by atoms with Crippen molar-refractivity contribution >= 4 is 27.3 Å². The molecular weight excluding hydrogens is 372 g/mol. The highest BCUT2D eigenvalue weighted by molar-refractivity contribution is 7.90. The van der Waals surface area contributed by atoms with Crippen LogP contribution >= 0.6 is 11.6 Å². The van der Waals surface area contributed by atoms with Crippen LogP contribution in [0.2, 0.25) is 5.15 Å². The van der Waals surface area contributed by atoms with Crippen LogP contribution in [0.4, 0.5) is 0 Å². The van der Waals surface area contributed by atoms with Gasteiger partial charge in [-0.1, -0.05) is 11.6 Å². The average Bonchev–Trinajstić information content (AvgIpc) is 3.37. The third-order valence-corrected chi connectivity index (χ3v) is 6.58. The van der Waals surface area contributed by atoms with E-state index in [0.29, 0.717) is 23.2 Å². The van der Waals surface area contributed by atoms with Crippen LogP contribution in [0.15, 0.2) is 35.4 Å². The molecule has 136 valence electrons. The first-order chi connectivity index (χ1) is 12.3. The monoisotopic (exact) mass is 390 g/mol. The molecule has 0 saturated heterocycles. The molecule has 1 amide bonds. The summed E-state index contributed by atoms with van der Waals surface area (Å²) in [6.07, 6.45) is 4.98. The maximum absolute atomic E-state index is 13.0. The summed E-state index contributed by atoms with van der Waals surface area (Å²) in [6.45, 7) is 2.49. The number of amides is 1. The Morgan fingerprint density at radius 3 is 2.58 bits per heavy atom. The second-order valence-corrected chi connectivity index (χ2v) is 9.53. The Morgan fingerprint density at radius 2 is 1.96 bits per heavy atom. The van der Waals surface area contributed by atoms with Crippen LogP contribution < -0.4 is 0 Å². The van der Waals surface area contributed by atoms with Crippen molar-refractivity contribution in [3.05, 3.63) is 46.7 Å². The SMILES string of the molecule is CC(C1CC1)N1Cc2cc(-c3ccnc(Cl)c3)cc(S(C)(=O)=O)c2C1=O. The number of hydrogen-bond acceptors (Lipinski definition) is 4. The third-order valence-electron chi connectivity index (χ3n) is 5.25. The number of hydrogen-bond donors (Lipinski definition) is 0. The zero-order chi connectivity index (χ0) is 18.6. The van der Waals surface area contributed by atoms with Gasteiger partial charge in [-0.25, -0.2) is 13.4 Å². The van der Waals surface area contributed by atoms with E-state index in [0.717, 1.165) is 35.8 Å². The number of aromatic nitrogens is 1. The van der Waals surface area contributed by atoms with E-state index in [9.17, 15) is 13.2 Å². The van der Waals surface area contributed by atoms with E-state index in [-0.39, 0.29) is 16.8 Å². The third kappa shape index (κ3) is 3.01. The molecule has 1 fully saturated rings. The molecule has 0 N–H and O–H groups in total. The van der Waals surface area contributed by atoms with Gasteiger partial charge >= 0.3 is 0 Å². The summed E-state index contributed by atoms with van der Waals surface area (Å²) in [4.78, 5) is 18.8. The number of halogens is 1. The molecule has 1 atom stereocenters. The van der Waals surface area contributed by atoms with Gasteiger partial charge in [0, 0.05) is 25.0 Å². The Morgan fingerprint density at radius 1 is 1.23 bits per heavy atom. The first-order valence-electron chi connectivity index (χ1n) is 8.55. The van der Waals surface area contributed by atoms with E-state index in [2.05, 4.69) is 4.98 Å². The summed E-state index contributed by atoms with van der Waals surface area (Å²) in [7, 11) is -3.55. The highest BCUT2D eigenvalue weighted by Gasteiger charge is 2.40. The van der Waals surface area contributed by atoms with Crippen molar-refractivity contribution < 1.29 is 13.2 Å². The molecule has 1 aliphatic heterocycles. The van der Waals surface area contributed by atoms with Crippen molar-refractivity contribution in [3.8, 4) is 11.1 Å². The van der Waals surface area contributed by atoms with Gasteiger partial charge in [0.25, 0.3) is 5.91 Å². The molecule has 0 bridgehead atoms. The van der Waals surface area contributed by atoms with E-state index >= 15 is 0 Å². The van der Waals surface area contributed by atoms with Crippen LogP contribution in [0.25, 0.3) is 11.1 Å². The Bertz CT molecular complexity index is 1020. The van der Waals surface area contributed by atoms with Crippen LogP contribution in [-0.4, -0.2) is 36.5 Å². The van der Waals surface area contributed by atoms with Gasteiger partial charge in [0.05, 0.1) is 10.5 Å². The fraction of sp³-hybridized carbons (Fsp3) is 0.368. The Labute approximate surface area is 157 Å². The van der Waals surface area contributed by atoms with Gasteiger partial charge in [-0.2, -0.15) is 0 Å². The van der Waals surface area contributed by atoms with Gasteiger partial charge in [0.15, 0.2) is 9.84 Å². The fourth-order valence-corrected chi connectivity index (χ4v) is 4.75. The molecule has 7 heteroatoms. The molecule has 1 aromatic carbocycles. The van der Waals surface area contributed by atoms with Crippen LogP contribution in [0.1, 0.15) is 35.7 Å². The lowest BCUT2D eigenvalue weighted by Gasteiger charge is -2.24. The lowest BCUT2D eigenvalue weighted by molar-refractivity contribution is 0.0694. The number of pyridine rings is 1. The van der Waals surface area contributed by atoms with Gasteiger partial charge in [-0.05, 0) is 66.6 Å². The maximum atomic E-state index is 13.0. The van der Waals surface area contributed by atoms with Crippen LogP contribution in [-0.2, 0) is 16.4 Å². The van der Waals surface area contributed by atoms with Crippen molar-refractivity contribution in [1.29, 1.82) is 0 Å². The second-order valence-electron chi connectivity index (χ2n) is 7.16.